The van der Waals surface area contributed by atoms with E-state index in [1.54, 1.807) is 0 Å². The number of para-hydroxylation sites is 3. The van der Waals surface area contributed by atoms with Gasteiger partial charge in [-0.05, 0) is 43.5 Å². The van der Waals surface area contributed by atoms with Gasteiger partial charge in [-0.15, -0.1) is 0 Å². The predicted molar refractivity (Wildman–Crippen MR) is 113 cm³/mol. The molecule has 3 aromatic rings. The fraction of sp³-hybridized carbons (Fsp3) is 0.304. The standard InChI is InChI=1S/C23H24N4O2/c28-23(24-19-10-4-5-11-21(19)26-13-15-29-16-14-26)22-18-9-6-12-20(18)27(25-22)17-7-2-1-3-8-17/h1-5,7-8,10-11H,6,9,12-16H2,(H,24,28). The van der Waals surface area contributed by atoms with E-state index >= 15 is 0 Å². The molecule has 5 rings (SSSR count). The number of fused-ring (bicyclic) bond motifs is 1. The molecule has 6 nitrogen and oxygen atoms in total. The number of hydrogen-bond acceptors (Lipinski definition) is 4. The number of hydrogen-bond donors (Lipinski definition) is 1. The Hall–Kier alpha value is -3.12. The SMILES string of the molecule is O=C(Nc1ccccc1N1CCOCC1)c1nn(-c2ccccc2)c2c1CCC2. The van der Waals surface area contributed by atoms with E-state index in [0.29, 0.717) is 18.9 Å². The van der Waals surface area contributed by atoms with Gasteiger partial charge in [-0.2, -0.15) is 5.10 Å². The summed E-state index contributed by atoms with van der Waals surface area (Å²) >= 11 is 0. The molecule has 1 fully saturated rings. The number of ether oxygens (including phenoxy) is 1. The molecule has 0 bridgehead atoms. The molecular formula is C23H24N4O2. The van der Waals surface area contributed by atoms with Gasteiger partial charge in [-0.1, -0.05) is 30.3 Å². The molecule has 0 radical (unpaired) electrons. The van der Waals surface area contributed by atoms with Gasteiger partial charge < -0.3 is 15.0 Å². The summed E-state index contributed by atoms with van der Waals surface area (Å²) in [7, 11) is 0. The van der Waals surface area contributed by atoms with Gasteiger partial charge in [0.25, 0.3) is 5.91 Å². The highest BCUT2D eigenvalue weighted by Gasteiger charge is 2.27. The molecule has 6 heteroatoms. The Balaban J connectivity index is 1.46. The van der Waals surface area contributed by atoms with Crippen LogP contribution in [-0.4, -0.2) is 42.0 Å². The molecule has 0 atom stereocenters. The molecule has 1 aromatic heterocycles. The third kappa shape index (κ3) is 3.40. The first-order valence-electron chi connectivity index (χ1n) is 10.2. The number of morpholine rings is 1. The fourth-order valence-corrected chi connectivity index (χ4v) is 4.24. The molecule has 0 saturated carbocycles. The highest BCUT2D eigenvalue weighted by atomic mass is 16.5. The summed E-state index contributed by atoms with van der Waals surface area (Å²) in [5, 5.41) is 7.83. The number of benzene rings is 2. The van der Waals surface area contributed by atoms with Gasteiger partial charge in [-0.25, -0.2) is 4.68 Å². The van der Waals surface area contributed by atoms with Crippen LogP contribution in [0.15, 0.2) is 54.6 Å². The van der Waals surface area contributed by atoms with E-state index in [4.69, 9.17) is 9.84 Å². The van der Waals surface area contributed by atoms with E-state index in [9.17, 15) is 4.79 Å². The monoisotopic (exact) mass is 388 g/mol. The van der Waals surface area contributed by atoms with Crippen molar-refractivity contribution in [2.45, 2.75) is 19.3 Å². The minimum Gasteiger partial charge on any atom is -0.378 e. The minimum atomic E-state index is -0.140. The number of carbonyl (C=O) groups is 1. The molecule has 0 spiro atoms. The first-order valence-corrected chi connectivity index (χ1v) is 10.2. The van der Waals surface area contributed by atoms with Crippen LogP contribution >= 0.6 is 0 Å². The summed E-state index contributed by atoms with van der Waals surface area (Å²) in [6.07, 6.45) is 2.91. The maximum absolute atomic E-state index is 13.2. The second kappa shape index (κ2) is 7.72. The van der Waals surface area contributed by atoms with E-state index in [-0.39, 0.29) is 5.91 Å². The average Bonchev–Trinajstić information content (AvgIpc) is 3.38. The molecule has 1 N–H and O–H groups in total. The van der Waals surface area contributed by atoms with Crippen molar-refractivity contribution in [1.82, 2.24) is 9.78 Å². The van der Waals surface area contributed by atoms with Crippen LogP contribution in [0, 0.1) is 0 Å². The van der Waals surface area contributed by atoms with Crippen molar-refractivity contribution in [3.63, 3.8) is 0 Å². The third-order valence-electron chi connectivity index (χ3n) is 5.65. The maximum Gasteiger partial charge on any atom is 0.276 e. The van der Waals surface area contributed by atoms with Gasteiger partial charge in [0.1, 0.15) is 0 Å². The van der Waals surface area contributed by atoms with Crippen molar-refractivity contribution in [3.8, 4) is 5.69 Å². The van der Waals surface area contributed by atoms with E-state index < -0.39 is 0 Å². The number of nitrogens with zero attached hydrogens (tertiary/aromatic N) is 3. The van der Waals surface area contributed by atoms with Crippen LogP contribution in [0.2, 0.25) is 0 Å². The maximum atomic E-state index is 13.2. The zero-order valence-corrected chi connectivity index (χ0v) is 16.3. The van der Waals surface area contributed by atoms with Crippen molar-refractivity contribution in [2.75, 3.05) is 36.5 Å². The van der Waals surface area contributed by atoms with Crippen molar-refractivity contribution in [1.29, 1.82) is 0 Å². The van der Waals surface area contributed by atoms with Gasteiger partial charge >= 0.3 is 0 Å². The Labute approximate surface area is 170 Å². The lowest BCUT2D eigenvalue weighted by Gasteiger charge is -2.30. The summed E-state index contributed by atoms with van der Waals surface area (Å²) in [5.41, 5.74) is 5.62. The van der Waals surface area contributed by atoms with Crippen LogP contribution in [0.25, 0.3) is 5.69 Å². The Morgan fingerprint density at radius 3 is 2.55 bits per heavy atom. The molecule has 0 unspecified atom stereocenters. The van der Waals surface area contributed by atoms with Gasteiger partial charge in [-0.3, -0.25) is 4.79 Å². The average molecular weight is 388 g/mol. The molecule has 2 aromatic carbocycles. The second-order valence-corrected chi connectivity index (χ2v) is 7.45. The molecule has 148 valence electrons. The first-order chi connectivity index (χ1) is 14.3. The van der Waals surface area contributed by atoms with Gasteiger partial charge in [0.2, 0.25) is 0 Å². The van der Waals surface area contributed by atoms with Gasteiger partial charge in [0, 0.05) is 24.3 Å². The Bertz CT molecular complexity index is 1020. The van der Waals surface area contributed by atoms with Gasteiger partial charge in [0.05, 0.1) is 30.3 Å². The number of amides is 1. The van der Waals surface area contributed by atoms with Crippen LogP contribution in [0.4, 0.5) is 11.4 Å². The molecule has 1 amide bonds. The largest absolute Gasteiger partial charge is 0.378 e. The lowest BCUT2D eigenvalue weighted by Crippen LogP contribution is -2.36. The summed E-state index contributed by atoms with van der Waals surface area (Å²) in [6, 6.07) is 18.0. The first kappa shape index (κ1) is 17.9. The van der Waals surface area contributed by atoms with Crippen LogP contribution in [0.5, 0.6) is 0 Å². The summed E-state index contributed by atoms with van der Waals surface area (Å²) in [5.74, 6) is -0.140. The lowest BCUT2D eigenvalue weighted by molar-refractivity contribution is 0.102. The Kier molecular flexibility index (Phi) is 4.77. The summed E-state index contributed by atoms with van der Waals surface area (Å²) < 4.78 is 7.40. The lowest BCUT2D eigenvalue weighted by atomic mass is 10.1. The Morgan fingerprint density at radius 2 is 1.72 bits per heavy atom. The van der Waals surface area contributed by atoms with E-state index in [0.717, 1.165) is 60.7 Å². The van der Waals surface area contributed by atoms with Crippen LogP contribution in [-0.2, 0) is 17.6 Å². The summed E-state index contributed by atoms with van der Waals surface area (Å²) in [6.45, 7) is 3.06. The van der Waals surface area contributed by atoms with Crippen LogP contribution in [0.1, 0.15) is 28.2 Å². The topological polar surface area (TPSA) is 59.4 Å². The fourth-order valence-electron chi connectivity index (χ4n) is 4.24. The molecule has 2 aliphatic rings. The number of aromatic nitrogens is 2. The quantitative estimate of drug-likeness (QED) is 0.744. The summed E-state index contributed by atoms with van der Waals surface area (Å²) in [4.78, 5) is 15.5. The molecule has 1 saturated heterocycles. The van der Waals surface area contributed by atoms with Crippen molar-refractivity contribution in [3.05, 3.63) is 71.5 Å². The van der Waals surface area contributed by atoms with Crippen molar-refractivity contribution >= 4 is 17.3 Å². The number of nitrogens with one attached hydrogen (secondary N) is 1. The smallest absolute Gasteiger partial charge is 0.276 e. The molecule has 1 aliphatic heterocycles. The van der Waals surface area contributed by atoms with Crippen molar-refractivity contribution < 1.29 is 9.53 Å². The normalized spacial score (nSPS) is 15.9. The molecule has 1 aliphatic carbocycles. The molecule has 29 heavy (non-hydrogen) atoms. The Morgan fingerprint density at radius 1 is 0.966 bits per heavy atom. The predicted octanol–water partition coefficient (Wildman–Crippen LogP) is 3.45. The van der Waals surface area contributed by atoms with E-state index in [1.807, 2.05) is 59.3 Å². The van der Waals surface area contributed by atoms with Crippen LogP contribution < -0.4 is 10.2 Å². The number of rotatable bonds is 4. The van der Waals surface area contributed by atoms with E-state index in [1.165, 1.54) is 0 Å². The number of anilines is 2. The van der Waals surface area contributed by atoms with E-state index in [2.05, 4.69) is 10.2 Å². The van der Waals surface area contributed by atoms with Crippen LogP contribution in [0.3, 0.4) is 0 Å². The molecular weight excluding hydrogens is 364 g/mol. The van der Waals surface area contributed by atoms with Crippen molar-refractivity contribution in [2.24, 2.45) is 0 Å². The third-order valence-corrected chi connectivity index (χ3v) is 5.65. The molecule has 2 heterocycles. The minimum absolute atomic E-state index is 0.140. The number of carbonyl (C=O) groups excluding carboxylic acids is 1. The zero-order valence-electron chi connectivity index (χ0n) is 16.3. The van der Waals surface area contributed by atoms with Gasteiger partial charge in [0.15, 0.2) is 5.69 Å². The second-order valence-electron chi connectivity index (χ2n) is 7.45. The highest BCUT2D eigenvalue weighted by Crippen LogP contribution is 2.30. The zero-order chi connectivity index (χ0) is 19.6. The highest BCUT2D eigenvalue weighted by molar-refractivity contribution is 6.06.